The van der Waals surface area contributed by atoms with Crippen molar-refractivity contribution in [2.45, 2.75) is 17.1 Å². The molecule has 0 atom stereocenters. The molecule has 0 spiro atoms. The van der Waals surface area contributed by atoms with Crippen molar-refractivity contribution in [2.24, 2.45) is 7.05 Å². The van der Waals surface area contributed by atoms with Gasteiger partial charge in [-0.2, -0.15) is 0 Å². The van der Waals surface area contributed by atoms with Crippen LogP contribution in [0, 0.1) is 0 Å². The number of halogens is 3. The first-order valence-corrected chi connectivity index (χ1v) is 7.28. The number of hydrogen-bond donors (Lipinski definition) is 0. The van der Waals surface area contributed by atoms with Crippen molar-refractivity contribution in [1.82, 2.24) is 4.57 Å². The third kappa shape index (κ3) is 3.34. The molecule has 2 aromatic rings. The molecule has 0 unspecified atom stereocenters. The van der Waals surface area contributed by atoms with Gasteiger partial charge in [0.05, 0.1) is 5.69 Å². The maximum Gasteiger partial charge on any atom is 0.255 e. The fourth-order valence-electron chi connectivity index (χ4n) is 1.89. The number of alkyl halides is 3. The Hall–Kier alpha value is -1.23. The maximum atomic E-state index is 12.3. The Kier molecular flexibility index (Phi) is 4.51. The summed E-state index contributed by atoms with van der Waals surface area (Å²) in [6, 6.07) is 4.73. The molecule has 21 heavy (non-hydrogen) atoms. The molecule has 2 aromatic heterocycles. The number of aromatic nitrogens is 1. The molecule has 0 saturated heterocycles. The number of hydrogen-bond acceptors (Lipinski definition) is 3. The Balaban J connectivity index is 2.34. The third-order valence-electron chi connectivity index (χ3n) is 2.99. The lowest BCUT2D eigenvalue weighted by atomic mass is 10.1. The minimum absolute atomic E-state index is 0.139. The van der Waals surface area contributed by atoms with Gasteiger partial charge in [0.1, 0.15) is 5.76 Å². The van der Waals surface area contributed by atoms with Crippen molar-refractivity contribution >= 4 is 46.4 Å². The Bertz CT molecular complexity index is 695. The van der Waals surface area contributed by atoms with E-state index in [1.165, 1.54) is 16.8 Å². The number of carbonyl (C=O) groups is 2. The zero-order valence-corrected chi connectivity index (χ0v) is 13.6. The number of nitrogens with zero attached hydrogens (tertiary/aromatic N) is 1. The second kappa shape index (κ2) is 5.87. The molecule has 7 heteroatoms. The average molecular weight is 349 g/mol. The molecule has 0 aliphatic heterocycles. The van der Waals surface area contributed by atoms with Crippen molar-refractivity contribution in [3.8, 4) is 0 Å². The zero-order chi connectivity index (χ0) is 15.8. The first-order valence-electron chi connectivity index (χ1n) is 6.15. The molecule has 0 bridgehead atoms. The van der Waals surface area contributed by atoms with E-state index in [1.807, 2.05) is 6.92 Å². The number of carbonyl (C=O) groups excluding carboxylic acids is 2. The summed E-state index contributed by atoms with van der Waals surface area (Å²) in [6.07, 6.45) is 2.19. The summed E-state index contributed by atoms with van der Waals surface area (Å²) >= 11 is 16.7. The Morgan fingerprint density at radius 1 is 1.29 bits per heavy atom. The summed E-state index contributed by atoms with van der Waals surface area (Å²) in [5, 5.41) is 0. The molecule has 0 N–H and O–H groups in total. The quantitative estimate of drug-likeness (QED) is 0.620. The SMILES string of the molecule is CCc1ccc(C(=O)c2cc(C(=O)C(Cl)(Cl)Cl)n(C)c2)o1. The van der Waals surface area contributed by atoms with Crippen LogP contribution in [0.25, 0.3) is 0 Å². The highest BCUT2D eigenvalue weighted by Gasteiger charge is 2.34. The van der Waals surface area contributed by atoms with Crippen LogP contribution < -0.4 is 0 Å². The number of Topliss-reactive ketones (excluding diaryl/α,β-unsaturated/α-hetero) is 1. The van der Waals surface area contributed by atoms with E-state index in [4.69, 9.17) is 39.2 Å². The van der Waals surface area contributed by atoms with E-state index in [1.54, 1.807) is 19.2 Å². The lowest BCUT2D eigenvalue weighted by Crippen LogP contribution is -2.21. The van der Waals surface area contributed by atoms with Crippen molar-refractivity contribution < 1.29 is 14.0 Å². The van der Waals surface area contributed by atoms with Gasteiger partial charge >= 0.3 is 0 Å². The van der Waals surface area contributed by atoms with E-state index >= 15 is 0 Å². The predicted octanol–water partition coefficient (Wildman–Crippen LogP) is 3.96. The maximum absolute atomic E-state index is 12.3. The normalized spacial score (nSPS) is 11.7. The highest BCUT2D eigenvalue weighted by atomic mass is 35.6. The van der Waals surface area contributed by atoms with E-state index in [0.717, 1.165) is 0 Å². The summed E-state index contributed by atoms with van der Waals surface area (Å²) in [6.45, 7) is 1.92. The number of ketones is 2. The number of aryl methyl sites for hydroxylation is 2. The second-order valence-corrected chi connectivity index (χ2v) is 6.78. The van der Waals surface area contributed by atoms with E-state index in [0.29, 0.717) is 17.7 Å². The largest absolute Gasteiger partial charge is 0.458 e. The predicted molar refractivity (Wildman–Crippen MR) is 81.6 cm³/mol. The molecular formula is C14H12Cl3NO3. The second-order valence-electron chi connectivity index (χ2n) is 4.50. The Labute approximate surface area is 136 Å². The molecule has 0 aliphatic rings. The molecule has 0 amide bonds. The van der Waals surface area contributed by atoms with Gasteiger partial charge in [-0.05, 0) is 18.2 Å². The topological polar surface area (TPSA) is 52.2 Å². The van der Waals surface area contributed by atoms with Gasteiger partial charge < -0.3 is 8.98 Å². The van der Waals surface area contributed by atoms with Gasteiger partial charge in [0.25, 0.3) is 3.79 Å². The lowest BCUT2D eigenvalue weighted by Gasteiger charge is -2.09. The zero-order valence-electron chi connectivity index (χ0n) is 11.3. The molecule has 0 aliphatic carbocycles. The van der Waals surface area contributed by atoms with Crippen molar-refractivity contribution in [2.75, 3.05) is 0 Å². The molecule has 0 saturated carbocycles. The van der Waals surface area contributed by atoms with Crippen LogP contribution in [0.4, 0.5) is 0 Å². The number of furan rings is 1. The highest BCUT2D eigenvalue weighted by Crippen LogP contribution is 2.31. The first-order chi connectivity index (χ1) is 9.74. The fourth-order valence-corrected chi connectivity index (χ4v) is 2.18. The lowest BCUT2D eigenvalue weighted by molar-refractivity contribution is 0.0988. The number of rotatable bonds is 4. The standard InChI is InChI=1S/C14H12Cl3NO3/c1-3-9-4-5-11(21-9)12(19)8-6-10(18(2)7-8)13(20)14(15,16)17/h4-7H,3H2,1-2H3. The Morgan fingerprint density at radius 3 is 2.48 bits per heavy atom. The minimum Gasteiger partial charge on any atom is -0.458 e. The van der Waals surface area contributed by atoms with Crippen LogP contribution in [0.3, 0.4) is 0 Å². The van der Waals surface area contributed by atoms with Crippen molar-refractivity contribution in [1.29, 1.82) is 0 Å². The van der Waals surface area contributed by atoms with E-state index in [9.17, 15) is 9.59 Å². The van der Waals surface area contributed by atoms with Crippen LogP contribution in [-0.2, 0) is 13.5 Å². The minimum atomic E-state index is -2.06. The summed E-state index contributed by atoms with van der Waals surface area (Å²) in [4.78, 5) is 24.3. The average Bonchev–Trinajstić information content (AvgIpc) is 3.02. The highest BCUT2D eigenvalue weighted by molar-refractivity contribution is 6.77. The van der Waals surface area contributed by atoms with Crippen LogP contribution in [-0.4, -0.2) is 19.9 Å². The van der Waals surface area contributed by atoms with Crippen LogP contribution in [0.5, 0.6) is 0 Å². The summed E-state index contributed by atoms with van der Waals surface area (Å²) < 4.78 is 4.79. The van der Waals surface area contributed by atoms with Crippen molar-refractivity contribution in [3.63, 3.8) is 0 Å². The van der Waals surface area contributed by atoms with Crippen LogP contribution >= 0.6 is 34.8 Å². The van der Waals surface area contributed by atoms with Gasteiger partial charge in [0.2, 0.25) is 11.6 Å². The molecule has 2 heterocycles. The van der Waals surface area contributed by atoms with Crippen LogP contribution in [0.1, 0.15) is 39.3 Å². The van der Waals surface area contributed by atoms with Gasteiger partial charge in [-0.15, -0.1) is 0 Å². The van der Waals surface area contributed by atoms with Gasteiger partial charge in [0.15, 0.2) is 5.76 Å². The summed E-state index contributed by atoms with van der Waals surface area (Å²) in [5.74, 6) is -0.0892. The summed E-state index contributed by atoms with van der Waals surface area (Å²) in [5.41, 5.74) is 0.438. The molecular weight excluding hydrogens is 337 g/mol. The molecule has 112 valence electrons. The van der Waals surface area contributed by atoms with Crippen LogP contribution in [0.15, 0.2) is 28.8 Å². The first kappa shape index (κ1) is 16.1. The smallest absolute Gasteiger partial charge is 0.255 e. The third-order valence-corrected chi connectivity index (χ3v) is 3.51. The van der Waals surface area contributed by atoms with Gasteiger partial charge in [0, 0.05) is 25.2 Å². The van der Waals surface area contributed by atoms with E-state index in [-0.39, 0.29) is 17.2 Å². The molecule has 0 aromatic carbocycles. The fraction of sp³-hybridized carbons (Fsp3) is 0.286. The van der Waals surface area contributed by atoms with Gasteiger partial charge in [-0.3, -0.25) is 9.59 Å². The summed E-state index contributed by atoms with van der Waals surface area (Å²) in [7, 11) is 1.60. The molecule has 0 radical (unpaired) electrons. The van der Waals surface area contributed by atoms with Gasteiger partial charge in [-0.1, -0.05) is 41.7 Å². The van der Waals surface area contributed by atoms with E-state index in [2.05, 4.69) is 0 Å². The Morgan fingerprint density at radius 2 is 1.95 bits per heavy atom. The molecule has 0 fully saturated rings. The van der Waals surface area contributed by atoms with Crippen molar-refractivity contribution in [3.05, 3.63) is 47.2 Å². The molecule has 4 nitrogen and oxygen atoms in total. The van der Waals surface area contributed by atoms with Gasteiger partial charge in [-0.25, -0.2) is 0 Å². The molecule has 2 rings (SSSR count). The van der Waals surface area contributed by atoms with Crippen LogP contribution in [0.2, 0.25) is 0 Å². The van der Waals surface area contributed by atoms with E-state index < -0.39 is 9.58 Å². The monoisotopic (exact) mass is 347 g/mol.